The van der Waals surface area contributed by atoms with Crippen molar-refractivity contribution in [2.45, 2.75) is 6.92 Å². The summed E-state index contributed by atoms with van der Waals surface area (Å²) < 4.78 is 0.353. The number of thiazole rings is 1. The number of hydrogen-bond acceptors (Lipinski definition) is 3. The third kappa shape index (κ3) is 1.27. The Kier molecular flexibility index (Phi) is 1.92. The predicted octanol–water partition coefficient (Wildman–Crippen LogP) is 1.20. The number of nitrogens with zero attached hydrogens (tertiary/aromatic N) is 1. The molecule has 54 valence electrons. The van der Waals surface area contributed by atoms with Crippen LogP contribution in [0.3, 0.4) is 0 Å². The highest BCUT2D eigenvalue weighted by Gasteiger charge is 2.09. The molecule has 1 amide bonds. The largest absolute Gasteiger partial charge is 0.365 e. The van der Waals surface area contributed by atoms with E-state index in [1.807, 2.05) is 0 Å². The van der Waals surface area contributed by atoms with Gasteiger partial charge in [0, 0.05) is 0 Å². The van der Waals surface area contributed by atoms with Crippen LogP contribution >= 0.6 is 22.9 Å². The summed E-state index contributed by atoms with van der Waals surface area (Å²) in [6.07, 6.45) is 0. The van der Waals surface area contributed by atoms with Gasteiger partial charge in [0.05, 0.1) is 5.69 Å². The fourth-order valence-corrected chi connectivity index (χ4v) is 1.60. The molecule has 0 aliphatic carbocycles. The predicted molar refractivity (Wildman–Crippen MR) is 40.4 cm³/mol. The molecule has 0 radical (unpaired) electrons. The summed E-state index contributed by atoms with van der Waals surface area (Å²) in [5, 5.41) is 0. The molecule has 5 heteroatoms. The zero-order valence-electron chi connectivity index (χ0n) is 5.22. The maximum absolute atomic E-state index is 10.6. The van der Waals surface area contributed by atoms with Crippen LogP contribution in [0.1, 0.15) is 15.4 Å². The maximum atomic E-state index is 10.6. The minimum absolute atomic E-state index is 0.353. The highest BCUT2D eigenvalue weighted by atomic mass is 35.5. The molecular formula is C5H5ClN2OS. The zero-order chi connectivity index (χ0) is 7.72. The Morgan fingerprint density at radius 3 is 2.60 bits per heavy atom. The van der Waals surface area contributed by atoms with Crippen molar-refractivity contribution < 1.29 is 4.79 Å². The van der Waals surface area contributed by atoms with E-state index in [0.717, 1.165) is 11.3 Å². The van der Waals surface area contributed by atoms with Crippen LogP contribution in [0.25, 0.3) is 0 Å². The average Bonchev–Trinajstić information content (AvgIpc) is 2.10. The summed E-state index contributed by atoms with van der Waals surface area (Å²) in [5.74, 6) is -0.470. The first-order chi connectivity index (χ1) is 4.61. The minimum Gasteiger partial charge on any atom is -0.365 e. The molecule has 0 unspecified atom stereocenters. The first-order valence-corrected chi connectivity index (χ1v) is 3.73. The van der Waals surface area contributed by atoms with Gasteiger partial charge >= 0.3 is 0 Å². The number of carbonyl (C=O) groups is 1. The van der Waals surface area contributed by atoms with E-state index in [2.05, 4.69) is 4.98 Å². The molecule has 1 rings (SSSR count). The van der Waals surface area contributed by atoms with Crippen molar-refractivity contribution in [3.8, 4) is 0 Å². The van der Waals surface area contributed by atoms with Gasteiger partial charge in [0.15, 0.2) is 4.47 Å². The van der Waals surface area contributed by atoms with Crippen LogP contribution < -0.4 is 5.73 Å². The zero-order valence-corrected chi connectivity index (χ0v) is 6.79. The second-order valence-electron chi connectivity index (χ2n) is 1.75. The van der Waals surface area contributed by atoms with Gasteiger partial charge in [-0.05, 0) is 6.92 Å². The first kappa shape index (κ1) is 7.50. The molecule has 0 spiro atoms. The summed E-state index contributed by atoms with van der Waals surface area (Å²) in [6.45, 7) is 1.70. The maximum Gasteiger partial charge on any atom is 0.260 e. The van der Waals surface area contributed by atoms with Crippen LogP contribution in [-0.4, -0.2) is 10.9 Å². The molecule has 0 saturated carbocycles. The lowest BCUT2D eigenvalue weighted by Crippen LogP contribution is -2.09. The van der Waals surface area contributed by atoms with E-state index < -0.39 is 5.91 Å². The second-order valence-corrected chi connectivity index (χ2v) is 3.33. The fourth-order valence-electron chi connectivity index (χ4n) is 0.592. The number of halogens is 1. The molecule has 0 atom stereocenters. The van der Waals surface area contributed by atoms with E-state index in [1.54, 1.807) is 6.92 Å². The number of primary amides is 1. The van der Waals surface area contributed by atoms with Crippen molar-refractivity contribution in [3.05, 3.63) is 15.0 Å². The number of amides is 1. The normalized spacial score (nSPS) is 9.80. The van der Waals surface area contributed by atoms with E-state index in [1.165, 1.54) is 0 Å². The van der Waals surface area contributed by atoms with Crippen LogP contribution in [0.5, 0.6) is 0 Å². The summed E-state index contributed by atoms with van der Waals surface area (Å²) in [5.41, 5.74) is 5.60. The lowest BCUT2D eigenvalue weighted by molar-refractivity contribution is 0.100. The van der Waals surface area contributed by atoms with Gasteiger partial charge in [-0.3, -0.25) is 4.79 Å². The molecule has 3 nitrogen and oxygen atoms in total. The molecule has 0 aliphatic heterocycles. The Labute approximate surface area is 66.8 Å². The van der Waals surface area contributed by atoms with Gasteiger partial charge in [-0.25, -0.2) is 4.98 Å². The average molecular weight is 177 g/mol. The van der Waals surface area contributed by atoms with Gasteiger partial charge in [0.25, 0.3) is 5.91 Å². The molecule has 0 fully saturated rings. The van der Waals surface area contributed by atoms with Gasteiger partial charge in [0.1, 0.15) is 4.88 Å². The lowest BCUT2D eigenvalue weighted by atomic mass is 10.4. The van der Waals surface area contributed by atoms with E-state index in [-0.39, 0.29) is 0 Å². The molecule has 10 heavy (non-hydrogen) atoms. The van der Waals surface area contributed by atoms with E-state index in [4.69, 9.17) is 17.3 Å². The lowest BCUT2D eigenvalue weighted by Gasteiger charge is -1.85. The molecule has 1 heterocycles. The molecular weight excluding hydrogens is 172 g/mol. The number of aryl methyl sites for hydroxylation is 1. The van der Waals surface area contributed by atoms with Crippen molar-refractivity contribution in [3.63, 3.8) is 0 Å². The summed E-state index contributed by atoms with van der Waals surface area (Å²) in [4.78, 5) is 14.8. The molecule has 0 saturated heterocycles. The van der Waals surface area contributed by atoms with Gasteiger partial charge in [-0.1, -0.05) is 22.9 Å². The standard InChI is InChI=1S/C5H5ClN2OS/c1-2-3(4(7)9)10-5(6)8-2/h1H3,(H2,7,9). The molecule has 2 N–H and O–H groups in total. The van der Waals surface area contributed by atoms with Crippen molar-refractivity contribution in [2.75, 3.05) is 0 Å². The summed E-state index contributed by atoms with van der Waals surface area (Å²) in [7, 11) is 0. The van der Waals surface area contributed by atoms with Crippen molar-refractivity contribution in [2.24, 2.45) is 5.73 Å². The minimum atomic E-state index is -0.470. The van der Waals surface area contributed by atoms with Crippen molar-refractivity contribution >= 4 is 28.8 Å². The Bertz CT molecular complexity index is 271. The first-order valence-electron chi connectivity index (χ1n) is 2.54. The highest BCUT2D eigenvalue weighted by molar-refractivity contribution is 7.17. The van der Waals surface area contributed by atoms with E-state index >= 15 is 0 Å². The number of hydrogen-bond donors (Lipinski definition) is 1. The SMILES string of the molecule is Cc1nc(Cl)sc1C(N)=O. The van der Waals surface area contributed by atoms with E-state index in [9.17, 15) is 4.79 Å². The molecule has 0 aliphatic rings. The third-order valence-corrected chi connectivity index (χ3v) is 2.27. The number of nitrogens with two attached hydrogens (primary N) is 1. The Morgan fingerprint density at radius 1 is 1.80 bits per heavy atom. The van der Waals surface area contributed by atoms with Gasteiger partial charge in [0.2, 0.25) is 0 Å². The highest BCUT2D eigenvalue weighted by Crippen LogP contribution is 2.20. The van der Waals surface area contributed by atoms with Crippen LogP contribution in [0, 0.1) is 6.92 Å². The second kappa shape index (κ2) is 2.56. The van der Waals surface area contributed by atoms with E-state index in [0.29, 0.717) is 15.0 Å². The molecule has 1 aromatic heterocycles. The number of aromatic nitrogens is 1. The Hall–Kier alpha value is -0.610. The van der Waals surface area contributed by atoms with Gasteiger partial charge < -0.3 is 5.73 Å². The Morgan fingerprint density at radius 2 is 2.40 bits per heavy atom. The van der Waals surface area contributed by atoms with Crippen LogP contribution in [-0.2, 0) is 0 Å². The monoisotopic (exact) mass is 176 g/mol. The van der Waals surface area contributed by atoms with Crippen molar-refractivity contribution in [1.82, 2.24) is 4.98 Å². The summed E-state index contributed by atoms with van der Waals surface area (Å²) in [6, 6.07) is 0. The topological polar surface area (TPSA) is 56.0 Å². The van der Waals surface area contributed by atoms with Gasteiger partial charge in [-0.15, -0.1) is 0 Å². The fraction of sp³-hybridized carbons (Fsp3) is 0.200. The number of rotatable bonds is 1. The number of carbonyl (C=O) groups excluding carboxylic acids is 1. The smallest absolute Gasteiger partial charge is 0.260 e. The third-order valence-electron chi connectivity index (χ3n) is 0.994. The Balaban J connectivity index is 3.15. The molecule has 0 bridgehead atoms. The van der Waals surface area contributed by atoms with Crippen molar-refractivity contribution in [1.29, 1.82) is 0 Å². The van der Waals surface area contributed by atoms with Gasteiger partial charge in [-0.2, -0.15) is 0 Å². The van der Waals surface area contributed by atoms with Crippen LogP contribution in [0.4, 0.5) is 0 Å². The molecule has 0 aromatic carbocycles. The summed E-state index contributed by atoms with van der Waals surface area (Å²) >= 11 is 6.61. The quantitative estimate of drug-likeness (QED) is 0.699. The van der Waals surface area contributed by atoms with Crippen LogP contribution in [0.15, 0.2) is 0 Å². The van der Waals surface area contributed by atoms with Crippen LogP contribution in [0.2, 0.25) is 4.47 Å². The molecule has 1 aromatic rings.